The first-order chi connectivity index (χ1) is 13.0. The maximum atomic E-state index is 12.1. The minimum Gasteiger partial charge on any atom is -0.460 e. The molecule has 1 aromatic carbocycles. The molecule has 0 radical (unpaired) electrons. The molecule has 6 heteroatoms. The van der Waals surface area contributed by atoms with Crippen LogP contribution >= 0.6 is 25.3 Å². The van der Waals surface area contributed by atoms with E-state index < -0.39 is 0 Å². The van der Waals surface area contributed by atoms with Gasteiger partial charge in [-0.15, -0.1) is 0 Å². The van der Waals surface area contributed by atoms with Gasteiger partial charge >= 0.3 is 5.97 Å². The number of benzene rings is 1. The van der Waals surface area contributed by atoms with E-state index in [9.17, 15) is 4.79 Å². The second-order valence-electron chi connectivity index (χ2n) is 6.07. The minimum atomic E-state index is -0.250. The molecule has 0 heterocycles. The third-order valence-electron chi connectivity index (χ3n) is 3.94. The highest BCUT2D eigenvalue weighted by Crippen LogP contribution is 2.16. The molecule has 0 saturated carbocycles. The first-order valence-corrected chi connectivity index (χ1v) is 10.3. The van der Waals surface area contributed by atoms with Gasteiger partial charge in [0.25, 0.3) is 0 Å². The summed E-state index contributed by atoms with van der Waals surface area (Å²) in [5, 5.41) is 2.00. The number of thiol groups is 2. The SMILES string of the molecule is C/C=C(\C=C/[NH2+]C)/C=C/c1ccc(N(C)CC(=O)OC(CS)CCS)cc1. The van der Waals surface area contributed by atoms with Crippen molar-refractivity contribution in [2.75, 3.05) is 37.0 Å². The van der Waals surface area contributed by atoms with E-state index >= 15 is 0 Å². The Balaban J connectivity index is 2.64. The molecule has 148 valence electrons. The zero-order chi connectivity index (χ0) is 20.1. The van der Waals surface area contributed by atoms with Crippen LogP contribution in [-0.4, -0.2) is 44.2 Å². The smallest absolute Gasteiger partial charge is 0.325 e. The number of hydrogen-bond acceptors (Lipinski definition) is 5. The summed E-state index contributed by atoms with van der Waals surface area (Å²) in [6, 6.07) is 8.07. The predicted octanol–water partition coefficient (Wildman–Crippen LogP) is 2.95. The quantitative estimate of drug-likeness (QED) is 0.300. The molecule has 0 amide bonds. The summed E-state index contributed by atoms with van der Waals surface area (Å²) in [5.41, 5.74) is 3.22. The monoisotopic (exact) mass is 407 g/mol. The zero-order valence-electron chi connectivity index (χ0n) is 16.3. The van der Waals surface area contributed by atoms with E-state index in [-0.39, 0.29) is 18.6 Å². The zero-order valence-corrected chi connectivity index (χ0v) is 18.1. The van der Waals surface area contributed by atoms with Gasteiger partial charge in [0.2, 0.25) is 0 Å². The lowest BCUT2D eigenvalue weighted by atomic mass is 10.1. The Morgan fingerprint density at radius 1 is 1.26 bits per heavy atom. The maximum absolute atomic E-state index is 12.1. The van der Waals surface area contributed by atoms with Crippen LogP contribution in [0, 0.1) is 0 Å². The Hall–Kier alpha value is -1.63. The molecule has 1 aromatic rings. The number of ether oxygens (including phenoxy) is 1. The van der Waals surface area contributed by atoms with E-state index in [1.807, 2.05) is 61.7 Å². The third kappa shape index (κ3) is 9.22. The third-order valence-corrected chi connectivity index (χ3v) is 4.60. The number of hydrogen-bond donors (Lipinski definition) is 3. The number of carbonyl (C=O) groups excluding carboxylic acids is 1. The summed E-state index contributed by atoms with van der Waals surface area (Å²) in [5.74, 6) is 0.932. The molecule has 1 atom stereocenters. The predicted molar refractivity (Wildman–Crippen MR) is 122 cm³/mol. The molecule has 1 unspecified atom stereocenters. The van der Waals surface area contributed by atoms with E-state index in [0.29, 0.717) is 17.9 Å². The van der Waals surface area contributed by atoms with Crippen LogP contribution in [0.3, 0.4) is 0 Å². The van der Waals surface area contributed by atoms with Crippen LogP contribution in [0.15, 0.2) is 54.3 Å². The van der Waals surface area contributed by atoms with Crippen molar-refractivity contribution in [2.45, 2.75) is 19.4 Å². The lowest BCUT2D eigenvalue weighted by Crippen LogP contribution is -2.72. The van der Waals surface area contributed by atoms with Crippen molar-refractivity contribution in [3.05, 3.63) is 59.8 Å². The maximum Gasteiger partial charge on any atom is 0.325 e. The van der Waals surface area contributed by atoms with Gasteiger partial charge in [0.05, 0.1) is 13.2 Å². The van der Waals surface area contributed by atoms with Crippen LogP contribution in [0.2, 0.25) is 0 Å². The highest BCUT2D eigenvalue weighted by atomic mass is 32.1. The number of nitrogens with two attached hydrogens (primary N) is 1. The van der Waals surface area contributed by atoms with Gasteiger partial charge in [-0.05, 0) is 48.4 Å². The van der Waals surface area contributed by atoms with Crippen molar-refractivity contribution in [3.8, 4) is 0 Å². The molecule has 0 aromatic heterocycles. The number of allylic oxidation sites excluding steroid dienone is 4. The van der Waals surface area contributed by atoms with Gasteiger partial charge in [0, 0.05) is 18.5 Å². The Kier molecular flexibility index (Phi) is 11.7. The first kappa shape index (κ1) is 23.4. The number of rotatable bonds is 11. The van der Waals surface area contributed by atoms with Crippen molar-refractivity contribution in [1.29, 1.82) is 0 Å². The van der Waals surface area contributed by atoms with Crippen molar-refractivity contribution in [1.82, 2.24) is 0 Å². The lowest BCUT2D eigenvalue weighted by molar-refractivity contribution is -0.556. The summed E-state index contributed by atoms with van der Waals surface area (Å²) in [6.07, 6.45) is 10.8. The van der Waals surface area contributed by atoms with Gasteiger partial charge in [0.1, 0.15) is 12.6 Å². The summed E-state index contributed by atoms with van der Waals surface area (Å²) in [4.78, 5) is 14.0. The number of likely N-dealkylation sites (N-methyl/N-ethyl adjacent to an activating group) is 1. The summed E-state index contributed by atoms with van der Waals surface area (Å²) >= 11 is 8.39. The Labute approximate surface area is 174 Å². The van der Waals surface area contributed by atoms with Crippen LogP contribution in [-0.2, 0) is 9.53 Å². The number of anilines is 1. The molecule has 0 saturated heterocycles. The fourth-order valence-electron chi connectivity index (χ4n) is 2.33. The van der Waals surface area contributed by atoms with Gasteiger partial charge < -0.3 is 15.0 Å². The number of carbonyl (C=O) groups is 1. The second kappa shape index (κ2) is 13.5. The fourth-order valence-corrected chi connectivity index (χ4v) is 2.87. The highest BCUT2D eigenvalue weighted by Gasteiger charge is 2.14. The Bertz CT molecular complexity index is 655. The van der Waals surface area contributed by atoms with E-state index in [4.69, 9.17) is 4.74 Å². The van der Waals surface area contributed by atoms with Crippen LogP contribution < -0.4 is 10.2 Å². The van der Waals surface area contributed by atoms with E-state index in [1.54, 1.807) is 0 Å². The molecule has 0 spiro atoms. The van der Waals surface area contributed by atoms with Gasteiger partial charge in [-0.25, -0.2) is 0 Å². The molecule has 0 aliphatic rings. The molecular formula is C21H31N2O2S2+. The highest BCUT2D eigenvalue weighted by molar-refractivity contribution is 7.80. The van der Waals surface area contributed by atoms with Crippen molar-refractivity contribution in [2.24, 2.45) is 0 Å². The first-order valence-electron chi connectivity index (χ1n) is 9.06. The van der Waals surface area contributed by atoms with Gasteiger partial charge in [-0.2, -0.15) is 25.3 Å². The van der Waals surface area contributed by atoms with Crippen LogP contribution in [0.25, 0.3) is 6.08 Å². The second-order valence-corrected chi connectivity index (χ2v) is 6.88. The van der Waals surface area contributed by atoms with E-state index in [0.717, 1.165) is 16.8 Å². The molecule has 0 fully saturated rings. The summed E-state index contributed by atoms with van der Waals surface area (Å²) in [6.45, 7) is 2.22. The Morgan fingerprint density at radius 3 is 2.52 bits per heavy atom. The number of quaternary nitrogens is 1. The molecule has 0 aliphatic heterocycles. The van der Waals surface area contributed by atoms with Crippen LogP contribution in [0.5, 0.6) is 0 Å². The van der Waals surface area contributed by atoms with Crippen molar-refractivity contribution in [3.63, 3.8) is 0 Å². The van der Waals surface area contributed by atoms with Crippen molar-refractivity contribution >= 4 is 43.0 Å². The van der Waals surface area contributed by atoms with Crippen molar-refractivity contribution < 1.29 is 14.8 Å². The largest absolute Gasteiger partial charge is 0.460 e. The molecule has 2 N–H and O–H groups in total. The van der Waals surface area contributed by atoms with Gasteiger partial charge in [-0.1, -0.05) is 30.4 Å². The average Bonchev–Trinajstić information content (AvgIpc) is 2.68. The molecule has 4 nitrogen and oxygen atoms in total. The fraction of sp³-hybridized carbons (Fsp3) is 0.381. The lowest BCUT2D eigenvalue weighted by Gasteiger charge is -2.21. The van der Waals surface area contributed by atoms with E-state index in [2.05, 4.69) is 49.6 Å². The standard InChI is InChI=1S/C21H30N2O2S2/c1-4-17(11-13-22-2)5-6-18-7-9-19(10-8-18)23(3)15-21(24)25-20(16-27)12-14-26/h4-11,13,20,22,26-27H,12,14-16H2,1-3H3/p+1/b6-5+,13-11-,17-4-. The normalized spacial score (nSPS) is 13.3. The van der Waals surface area contributed by atoms with Crippen LogP contribution in [0.1, 0.15) is 18.9 Å². The Morgan fingerprint density at radius 2 is 1.96 bits per heavy atom. The molecule has 1 rings (SSSR count). The summed E-state index contributed by atoms with van der Waals surface area (Å²) in [7, 11) is 3.88. The summed E-state index contributed by atoms with van der Waals surface area (Å²) < 4.78 is 5.43. The van der Waals surface area contributed by atoms with E-state index in [1.165, 1.54) is 0 Å². The number of nitrogens with zero attached hydrogens (tertiary/aromatic N) is 1. The number of esters is 1. The minimum absolute atomic E-state index is 0.181. The molecule has 0 bridgehead atoms. The molecular weight excluding hydrogens is 376 g/mol. The average molecular weight is 408 g/mol. The molecule has 0 aliphatic carbocycles. The van der Waals surface area contributed by atoms with Crippen LogP contribution in [0.4, 0.5) is 5.69 Å². The van der Waals surface area contributed by atoms with Gasteiger partial charge in [0.15, 0.2) is 0 Å². The topological polar surface area (TPSA) is 46.2 Å². The molecule has 27 heavy (non-hydrogen) atoms. The van der Waals surface area contributed by atoms with Gasteiger partial charge in [-0.3, -0.25) is 4.79 Å².